The van der Waals surface area contributed by atoms with E-state index in [4.69, 9.17) is 27.9 Å². The van der Waals surface area contributed by atoms with Gasteiger partial charge in [-0.1, -0.05) is 66.5 Å². The summed E-state index contributed by atoms with van der Waals surface area (Å²) in [6.07, 6.45) is 0.414. The monoisotopic (exact) mass is 587 g/mol. The van der Waals surface area contributed by atoms with Gasteiger partial charge in [0.15, 0.2) is 5.75 Å². The number of benzene rings is 4. The number of rotatable bonds is 8. The van der Waals surface area contributed by atoms with E-state index in [-0.39, 0.29) is 32.7 Å². The predicted molar refractivity (Wildman–Crippen MR) is 151 cm³/mol. The number of carbonyl (C=O) groups excluding carboxylic acids is 1. The molecule has 12 heteroatoms. The molecule has 0 aliphatic rings. The van der Waals surface area contributed by atoms with Gasteiger partial charge in [0.2, 0.25) is 0 Å². The number of azo groups is 1. The predicted octanol–water partition coefficient (Wildman–Crippen LogP) is 7.73. The highest BCUT2D eigenvalue weighted by molar-refractivity contribution is 7.86. The second-order valence-corrected chi connectivity index (χ2v) is 10.4. The van der Waals surface area contributed by atoms with Gasteiger partial charge in [-0.2, -0.15) is 8.42 Å². The summed E-state index contributed by atoms with van der Waals surface area (Å²) >= 11 is 12.5. The van der Waals surface area contributed by atoms with E-state index >= 15 is 0 Å². The lowest BCUT2D eigenvalue weighted by molar-refractivity contribution is 0.102. The third-order valence-electron chi connectivity index (χ3n) is 5.81. The van der Waals surface area contributed by atoms with Crippen molar-refractivity contribution in [2.75, 3.05) is 11.9 Å². The van der Waals surface area contributed by atoms with Gasteiger partial charge in [0.05, 0.1) is 22.2 Å². The van der Waals surface area contributed by atoms with Gasteiger partial charge in [0.1, 0.15) is 27.7 Å². The minimum absolute atomic E-state index is 0.0978. The van der Waals surface area contributed by atoms with Crippen LogP contribution in [0.1, 0.15) is 29.8 Å². The van der Waals surface area contributed by atoms with Crippen molar-refractivity contribution in [2.45, 2.75) is 25.2 Å². The Balaban J connectivity index is 1.85. The van der Waals surface area contributed by atoms with Crippen LogP contribution in [-0.4, -0.2) is 30.6 Å². The number of phenolic OH excluding ortho intramolecular Hbond substituents is 1. The van der Waals surface area contributed by atoms with Crippen LogP contribution in [0.25, 0.3) is 10.8 Å². The number of hydrogen-bond acceptors (Lipinski definition) is 7. The summed E-state index contributed by atoms with van der Waals surface area (Å²) in [5.41, 5.74) is 0.237. The molecule has 0 saturated carbocycles. The first-order chi connectivity index (χ1) is 18.6. The third-order valence-corrected chi connectivity index (χ3v) is 7.59. The molecule has 0 saturated heterocycles. The molecule has 0 atom stereocenters. The van der Waals surface area contributed by atoms with Crippen LogP contribution in [0.15, 0.2) is 75.8 Å². The van der Waals surface area contributed by atoms with Gasteiger partial charge in [-0.15, -0.1) is 10.2 Å². The van der Waals surface area contributed by atoms with Gasteiger partial charge in [0, 0.05) is 5.39 Å². The van der Waals surface area contributed by atoms with Crippen molar-refractivity contribution in [3.05, 3.63) is 81.8 Å². The molecule has 4 rings (SSSR count). The summed E-state index contributed by atoms with van der Waals surface area (Å²) in [5.74, 6) is -0.856. The molecule has 4 aromatic rings. The Kier molecular flexibility index (Phi) is 8.41. The van der Waals surface area contributed by atoms with Crippen molar-refractivity contribution >= 4 is 67.1 Å². The Labute approximate surface area is 234 Å². The van der Waals surface area contributed by atoms with Crippen LogP contribution >= 0.6 is 23.2 Å². The van der Waals surface area contributed by atoms with Crippen LogP contribution in [0.3, 0.4) is 0 Å². The fraction of sp³-hybridized carbons (Fsp3) is 0.148. The van der Waals surface area contributed by atoms with Crippen LogP contribution in [0.5, 0.6) is 11.5 Å². The highest BCUT2D eigenvalue weighted by Crippen LogP contribution is 2.42. The number of anilines is 1. The fourth-order valence-electron chi connectivity index (χ4n) is 3.96. The second kappa shape index (κ2) is 11.6. The molecular formula is C27H23Cl2N3O6S. The minimum atomic E-state index is -4.76. The molecule has 39 heavy (non-hydrogen) atoms. The maximum absolute atomic E-state index is 13.3. The number of carbonyl (C=O) groups is 1. The number of phenols is 1. The number of amides is 1. The van der Waals surface area contributed by atoms with E-state index in [1.54, 1.807) is 62.4 Å². The summed E-state index contributed by atoms with van der Waals surface area (Å²) in [4.78, 5) is 12.7. The lowest BCUT2D eigenvalue weighted by atomic mass is 10.0. The summed E-state index contributed by atoms with van der Waals surface area (Å²) in [6, 6.07) is 16.1. The zero-order valence-corrected chi connectivity index (χ0v) is 23.1. The first-order valence-corrected chi connectivity index (χ1v) is 13.9. The molecule has 0 unspecified atom stereocenters. The lowest BCUT2D eigenvalue weighted by Crippen LogP contribution is -2.14. The molecule has 0 heterocycles. The van der Waals surface area contributed by atoms with Crippen molar-refractivity contribution in [2.24, 2.45) is 10.2 Å². The second-order valence-electron chi connectivity index (χ2n) is 8.26. The molecule has 0 aliphatic carbocycles. The van der Waals surface area contributed by atoms with Crippen LogP contribution in [0.2, 0.25) is 10.0 Å². The Bertz CT molecular complexity index is 1720. The number of halogens is 2. The third kappa shape index (κ3) is 5.84. The van der Waals surface area contributed by atoms with Crippen molar-refractivity contribution in [3.8, 4) is 11.5 Å². The number of para-hydroxylation sites is 1. The SMILES string of the molecule is CCOc1cccc(Cl)c1NC(=O)c1cc2ccccc2c(N=Nc2ccc(CC)c(Cl)c2S(=O)(=O)O)c1O. The van der Waals surface area contributed by atoms with Crippen molar-refractivity contribution < 1.29 is 27.6 Å². The molecule has 3 N–H and O–H groups in total. The van der Waals surface area contributed by atoms with Gasteiger partial charge in [0.25, 0.3) is 16.0 Å². The van der Waals surface area contributed by atoms with E-state index in [9.17, 15) is 22.9 Å². The Morgan fingerprint density at radius 1 is 1.03 bits per heavy atom. The molecule has 0 spiro atoms. The van der Waals surface area contributed by atoms with E-state index in [2.05, 4.69) is 15.5 Å². The highest BCUT2D eigenvalue weighted by atomic mass is 35.5. The van der Waals surface area contributed by atoms with Gasteiger partial charge in [-0.05, 0) is 48.6 Å². The van der Waals surface area contributed by atoms with Crippen LogP contribution < -0.4 is 10.1 Å². The molecule has 0 aliphatic heterocycles. The molecule has 1 amide bonds. The number of aryl methyl sites for hydroxylation is 1. The van der Waals surface area contributed by atoms with Crippen molar-refractivity contribution in [3.63, 3.8) is 0 Å². The lowest BCUT2D eigenvalue weighted by Gasteiger charge is -2.15. The number of fused-ring (bicyclic) bond motifs is 1. The maximum Gasteiger partial charge on any atom is 0.298 e. The molecule has 4 aromatic carbocycles. The average Bonchev–Trinajstić information content (AvgIpc) is 2.89. The molecule has 0 bridgehead atoms. The minimum Gasteiger partial charge on any atom is -0.505 e. The maximum atomic E-state index is 13.3. The van der Waals surface area contributed by atoms with Gasteiger partial charge in [-0.3, -0.25) is 9.35 Å². The number of hydrogen-bond donors (Lipinski definition) is 3. The zero-order chi connectivity index (χ0) is 28.3. The quantitative estimate of drug-likeness (QED) is 0.142. The van der Waals surface area contributed by atoms with Gasteiger partial charge >= 0.3 is 0 Å². The standard InChI is InChI=1S/C27H23Cl2N3O6S/c1-3-15-12-13-20(26(22(15)29)39(35,36)37)31-32-23-17-9-6-5-8-16(17)14-18(25(23)33)27(34)30-24-19(28)10-7-11-21(24)38-4-2/h5-14,33H,3-4H2,1-2H3,(H,30,34)(H,35,36,37). The summed E-state index contributed by atoms with van der Waals surface area (Å²) in [5, 5.41) is 23.0. The van der Waals surface area contributed by atoms with Crippen molar-refractivity contribution in [1.29, 1.82) is 0 Å². The molecule has 202 valence electrons. The first kappa shape index (κ1) is 28.3. The topological polar surface area (TPSA) is 138 Å². The van der Waals surface area contributed by atoms with Crippen LogP contribution in [0.4, 0.5) is 17.1 Å². The molecule has 0 aromatic heterocycles. The number of aromatic hydroxyl groups is 1. The smallest absolute Gasteiger partial charge is 0.298 e. The average molecular weight is 588 g/mol. The van der Waals surface area contributed by atoms with Gasteiger partial charge < -0.3 is 15.2 Å². The van der Waals surface area contributed by atoms with Crippen molar-refractivity contribution in [1.82, 2.24) is 0 Å². The highest BCUT2D eigenvalue weighted by Gasteiger charge is 2.24. The Hall–Kier alpha value is -3.70. The van der Waals surface area contributed by atoms with E-state index in [0.717, 1.165) is 0 Å². The molecular weight excluding hydrogens is 565 g/mol. The van der Waals surface area contributed by atoms with Crippen LogP contribution in [-0.2, 0) is 16.5 Å². The Morgan fingerprint density at radius 3 is 2.46 bits per heavy atom. The summed E-state index contributed by atoms with van der Waals surface area (Å²) < 4.78 is 39.5. The van der Waals surface area contributed by atoms with E-state index in [0.29, 0.717) is 35.1 Å². The molecule has 0 radical (unpaired) electrons. The molecule has 9 nitrogen and oxygen atoms in total. The van der Waals surface area contributed by atoms with Gasteiger partial charge in [-0.25, -0.2) is 0 Å². The zero-order valence-electron chi connectivity index (χ0n) is 20.8. The Morgan fingerprint density at radius 2 is 1.77 bits per heavy atom. The summed E-state index contributed by atoms with van der Waals surface area (Å²) in [6.45, 7) is 3.90. The number of ether oxygens (including phenoxy) is 1. The number of nitrogens with one attached hydrogen (secondary N) is 1. The van der Waals surface area contributed by atoms with E-state index < -0.39 is 26.7 Å². The van der Waals surface area contributed by atoms with E-state index in [1.165, 1.54) is 12.1 Å². The first-order valence-electron chi connectivity index (χ1n) is 11.7. The fourth-order valence-corrected chi connectivity index (χ4v) is 5.49. The van der Waals surface area contributed by atoms with Crippen LogP contribution in [0, 0.1) is 0 Å². The number of nitrogens with zero attached hydrogens (tertiary/aromatic N) is 2. The normalized spacial score (nSPS) is 11.7. The molecule has 0 fully saturated rings. The summed E-state index contributed by atoms with van der Waals surface area (Å²) in [7, 11) is -4.76. The largest absolute Gasteiger partial charge is 0.505 e. The van der Waals surface area contributed by atoms with E-state index in [1.807, 2.05) is 0 Å².